The molecule has 0 aliphatic carbocycles. The molecule has 0 saturated heterocycles. The topological polar surface area (TPSA) is 21.1 Å². The van der Waals surface area contributed by atoms with Crippen molar-refractivity contribution in [3.05, 3.63) is 11.3 Å². The molecule has 1 aromatic heterocycles. The van der Waals surface area contributed by atoms with E-state index in [1.54, 1.807) is 0 Å². The Kier molecular flexibility index (Phi) is 4.45. The second-order valence-corrected chi connectivity index (χ2v) is 3.99. The molecule has 0 spiro atoms. The van der Waals surface area contributed by atoms with Crippen LogP contribution in [0, 0.1) is 6.92 Å². The molecular formula is C11H20ClN3. The maximum atomic E-state index is 5.97. The molecule has 0 atom stereocenters. The van der Waals surface area contributed by atoms with Gasteiger partial charge in [-0.1, -0.05) is 6.92 Å². The van der Waals surface area contributed by atoms with E-state index in [2.05, 4.69) is 23.8 Å². The van der Waals surface area contributed by atoms with Crippen molar-refractivity contribution in [2.75, 3.05) is 18.0 Å². The van der Waals surface area contributed by atoms with Gasteiger partial charge in [0.25, 0.3) is 0 Å². The van der Waals surface area contributed by atoms with Crippen LogP contribution >= 0.6 is 11.6 Å². The fourth-order valence-electron chi connectivity index (χ4n) is 1.93. The third-order valence-electron chi connectivity index (χ3n) is 2.62. The number of alkyl halides is 1. The fourth-order valence-corrected chi connectivity index (χ4v) is 2.24. The first-order chi connectivity index (χ1) is 7.15. The Morgan fingerprint density at radius 2 is 2.07 bits per heavy atom. The van der Waals surface area contributed by atoms with E-state index in [9.17, 15) is 0 Å². The van der Waals surface area contributed by atoms with Gasteiger partial charge in [-0.25, -0.2) is 0 Å². The van der Waals surface area contributed by atoms with Gasteiger partial charge in [-0.05, 0) is 20.3 Å². The molecule has 86 valence electrons. The maximum absolute atomic E-state index is 5.97. The van der Waals surface area contributed by atoms with Crippen LogP contribution in [0.15, 0.2) is 0 Å². The highest BCUT2D eigenvalue weighted by atomic mass is 35.5. The lowest BCUT2D eigenvalue weighted by Crippen LogP contribution is -2.26. The summed E-state index contributed by atoms with van der Waals surface area (Å²) in [5.41, 5.74) is 2.20. The van der Waals surface area contributed by atoms with Crippen molar-refractivity contribution in [1.82, 2.24) is 9.78 Å². The quantitative estimate of drug-likeness (QED) is 0.724. The predicted molar refractivity (Wildman–Crippen MR) is 65.7 cm³/mol. The van der Waals surface area contributed by atoms with Gasteiger partial charge in [-0.3, -0.25) is 4.68 Å². The maximum Gasteiger partial charge on any atom is 0.131 e. The normalized spacial score (nSPS) is 10.7. The van der Waals surface area contributed by atoms with E-state index in [1.807, 2.05) is 18.7 Å². The van der Waals surface area contributed by atoms with Crippen LogP contribution in [0.1, 0.15) is 31.5 Å². The van der Waals surface area contributed by atoms with Crippen molar-refractivity contribution >= 4 is 17.4 Å². The van der Waals surface area contributed by atoms with Crippen LogP contribution in [0.5, 0.6) is 0 Å². The summed E-state index contributed by atoms with van der Waals surface area (Å²) < 4.78 is 1.94. The van der Waals surface area contributed by atoms with Gasteiger partial charge < -0.3 is 4.90 Å². The average Bonchev–Trinajstić information content (AvgIpc) is 2.49. The molecule has 0 aromatic carbocycles. The number of aryl methyl sites for hydroxylation is 2. The zero-order valence-corrected chi connectivity index (χ0v) is 10.8. The SMILES string of the molecule is CCCN(CC)c1c(CCl)c(C)nn1C. The largest absolute Gasteiger partial charge is 0.357 e. The molecule has 4 heteroatoms. The van der Waals surface area contributed by atoms with Gasteiger partial charge in [-0.15, -0.1) is 11.6 Å². The van der Waals surface area contributed by atoms with Crippen molar-refractivity contribution in [2.45, 2.75) is 33.1 Å². The van der Waals surface area contributed by atoms with Crippen molar-refractivity contribution in [3.63, 3.8) is 0 Å². The summed E-state index contributed by atoms with van der Waals surface area (Å²) in [7, 11) is 1.98. The highest BCUT2D eigenvalue weighted by Gasteiger charge is 2.16. The molecule has 0 fully saturated rings. The zero-order chi connectivity index (χ0) is 11.4. The molecule has 0 bridgehead atoms. The van der Waals surface area contributed by atoms with Crippen LogP contribution in [0.2, 0.25) is 0 Å². The van der Waals surface area contributed by atoms with E-state index >= 15 is 0 Å². The Bertz CT molecular complexity index is 320. The summed E-state index contributed by atoms with van der Waals surface area (Å²) in [5, 5.41) is 4.42. The number of nitrogens with zero attached hydrogens (tertiary/aromatic N) is 3. The Labute approximate surface area is 97.0 Å². The van der Waals surface area contributed by atoms with Crippen molar-refractivity contribution in [1.29, 1.82) is 0 Å². The van der Waals surface area contributed by atoms with E-state index in [4.69, 9.17) is 11.6 Å². The number of aromatic nitrogens is 2. The number of hydrogen-bond acceptors (Lipinski definition) is 2. The van der Waals surface area contributed by atoms with Crippen molar-refractivity contribution in [3.8, 4) is 0 Å². The second kappa shape index (κ2) is 5.40. The van der Waals surface area contributed by atoms with Gasteiger partial charge in [0, 0.05) is 25.7 Å². The number of rotatable bonds is 5. The molecule has 1 aromatic rings. The third kappa shape index (κ3) is 2.46. The molecule has 0 radical (unpaired) electrons. The van der Waals surface area contributed by atoms with Crippen molar-refractivity contribution < 1.29 is 0 Å². The summed E-state index contributed by atoms with van der Waals surface area (Å²) in [6.45, 7) is 8.42. The second-order valence-electron chi connectivity index (χ2n) is 3.72. The number of halogens is 1. The first-order valence-corrected chi connectivity index (χ1v) is 6.02. The van der Waals surface area contributed by atoms with Crippen LogP contribution in [-0.4, -0.2) is 22.9 Å². The highest BCUT2D eigenvalue weighted by Crippen LogP contribution is 2.24. The Hall–Kier alpha value is -0.700. The Morgan fingerprint density at radius 1 is 1.40 bits per heavy atom. The first-order valence-electron chi connectivity index (χ1n) is 5.49. The Morgan fingerprint density at radius 3 is 2.53 bits per heavy atom. The van der Waals surface area contributed by atoms with Crippen LogP contribution < -0.4 is 4.90 Å². The van der Waals surface area contributed by atoms with Crippen LogP contribution in [0.25, 0.3) is 0 Å². The molecule has 1 heterocycles. The lowest BCUT2D eigenvalue weighted by Gasteiger charge is -2.23. The molecule has 0 unspecified atom stereocenters. The summed E-state index contributed by atoms with van der Waals surface area (Å²) in [4.78, 5) is 2.33. The number of hydrogen-bond donors (Lipinski definition) is 0. The standard InChI is InChI=1S/C11H20ClN3/c1-5-7-15(6-2)11-10(8-12)9(3)13-14(11)4/h5-8H2,1-4H3. The van der Waals surface area contributed by atoms with Gasteiger partial charge in [-0.2, -0.15) is 5.10 Å². The van der Waals surface area contributed by atoms with Gasteiger partial charge in [0.15, 0.2) is 0 Å². The molecule has 1 rings (SSSR count). The molecule has 0 N–H and O–H groups in total. The molecular weight excluding hydrogens is 210 g/mol. The van der Waals surface area contributed by atoms with E-state index in [0.29, 0.717) is 5.88 Å². The van der Waals surface area contributed by atoms with Crippen LogP contribution in [0.3, 0.4) is 0 Å². The minimum absolute atomic E-state index is 0.537. The smallest absolute Gasteiger partial charge is 0.131 e. The lowest BCUT2D eigenvalue weighted by molar-refractivity contribution is 0.696. The zero-order valence-electron chi connectivity index (χ0n) is 10.0. The highest BCUT2D eigenvalue weighted by molar-refractivity contribution is 6.17. The monoisotopic (exact) mass is 229 g/mol. The fraction of sp³-hybridized carbons (Fsp3) is 0.727. The van der Waals surface area contributed by atoms with E-state index < -0.39 is 0 Å². The van der Waals surface area contributed by atoms with E-state index in [-0.39, 0.29) is 0 Å². The molecule has 0 aliphatic rings. The molecule has 15 heavy (non-hydrogen) atoms. The molecule has 0 amide bonds. The van der Waals surface area contributed by atoms with Gasteiger partial charge in [0.1, 0.15) is 5.82 Å². The third-order valence-corrected chi connectivity index (χ3v) is 2.89. The van der Waals surface area contributed by atoms with Crippen molar-refractivity contribution in [2.24, 2.45) is 7.05 Å². The first kappa shape index (κ1) is 12.4. The van der Waals surface area contributed by atoms with Gasteiger partial charge in [0.2, 0.25) is 0 Å². The predicted octanol–water partition coefficient (Wildman–Crippen LogP) is 2.70. The molecule has 0 saturated carbocycles. The van der Waals surface area contributed by atoms with Gasteiger partial charge in [0.05, 0.1) is 11.6 Å². The Balaban J connectivity index is 3.09. The molecule has 3 nitrogen and oxygen atoms in total. The summed E-state index contributed by atoms with van der Waals surface area (Å²) in [6, 6.07) is 0. The summed E-state index contributed by atoms with van der Waals surface area (Å²) in [5.74, 6) is 1.71. The number of anilines is 1. The lowest BCUT2D eigenvalue weighted by atomic mass is 10.2. The van der Waals surface area contributed by atoms with Crippen LogP contribution in [0.4, 0.5) is 5.82 Å². The summed E-state index contributed by atoms with van der Waals surface area (Å²) >= 11 is 5.97. The van der Waals surface area contributed by atoms with Gasteiger partial charge >= 0.3 is 0 Å². The molecule has 0 aliphatic heterocycles. The van der Waals surface area contributed by atoms with Crippen LogP contribution in [-0.2, 0) is 12.9 Å². The minimum Gasteiger partial charge on any atom is -0.357 e. The average molecular weight is 230 g/mol. The van der Waals surface area contributed by atoms with E-state index in [0.717, 1.165) is 30.8 Å². The minimum atomic E-state index is 0.537. The van der Waals surface area contributed by atoms with E-state index in [1.165, 1.54) is 5.82 Å². The summed E-state index contributed by atoms with van der Waals surface area (Å²) in [6.07, 6.45) is 1.14.